The molecule has 1 atom stereocenters. The zero-order valence-corrected chi connectivity index (χ0v) is 10.9. The summed E-state index contributed by atoms with van der Waals surface area (Å²) in [6, 6.07) is -0.189. The molecular formula is C12H19N5O2. The molecule has 2 amide bonds. The van der Waals surface area contributed by atoms with Crippen LogP contribution in [-0.2, 0) is 16.1 Å². The molecule has 104 valence electrons. The number of nitrogens with two attached hydrogens (primary N) is 1. The predicted molar refractivity (Wildman–Crippen MR) is 70.3 cm³/mol. The molecule has 4 N–H and O–H groups in total. The van der Waals surface area contributed by atoms with E-state index in [0.29, 0.717) is 18.2 Å². The summed E-state index contributed by atoms with van der Waals surface area (Å²) in [6.07, 6.45) is 5.81. The first-order chi connectivity index (χ1) is 9.08. The van der Waals surface area contributed by atoms with Crippen molar-refractivity contribution in [3.8, 4) is 0 Å². The molecule has 1 aromatic rings. The van der Waals surface area contributed by atoms with E-state index in [1.54, 1.807) is 6.20 Å². The molecule has 0 aromatic carbocycles. The number of nitrogens with zero attached hydrogens (tertiary/aromatic N) is 2. The maximum atomic E-state index is 11.6. The Hall–Kier alpha value is -1.89. The van der Waals surface area contributed by atoms with E-state index >= 15 is 0 Å². The number of nitrogens with one attached hydrogen (secondary N) is 2. The Morgan fingerprint density at radius 3 is 2.95 bits per heavy atom. The number of aromatic nitrogens is 2. The highest BCUT2D eigenvalue weighted by atomic mass is 16.2. The monoisotopic (exact) mass is 265 g/mol. The summed E-state index contributed by atoms with van der Waals surface area (Å²) >= 11 is 0. The number of rotatable bonds is 6. The van der Waals surface area contributed by atoms with Gasteiger partial charge in [0.25, 0.3) is 0 Å². The van der Waals surface area contributed by atoms with Crippen molar-refractivity contribution < 1.29 is 9.59 Å². The molecule has 0 aliphatic heterocycles. The van der Waals surface area contributed by atoms with E-state index in [9.17, 15) is 9.59 Å². The molecule has 0 saturated heterocycles. The Morgan fingerprint density at radius 1 is 1.58 bits per heavy atom. The fourth-order valence-electron chi connectivity index (χ4n) is 1.58. The molecule has 1 aromatic heterocycles. The topological polar surface area (TPSA) is 102 Å². The lowest BCUT2D eigenvalue weighted by Crippen LogP contribution is -2.34. The maximum Gasteiger partial charge on any atom is 0.241 e. The average molecular weight is 265 g/mol. The van der Waals surface area contributed by atoms with E-state index in [0.717, 1.165) is 12.8 Å². The zero-order valence-electron chi connectivity index (χ0n) is 10.9. The molecule has 0 bridgehead atoms. The minimum Gasteiger partial charge on any atom is -0.352 e. The van der Waals surface area contributed by atoms with Crippen LogP contribution in [0.15, 0.2) is 12.4 Å². The first-order valence-corrected chi connectivity index (χ1v) is 6.46. The Morgan fingerprint density at radius 2 is 2.32 bits per heavy atom. The van der Waals surface area contributed by atoms with Gasteiger partial charge in [-0.15, -0.1) is 0 Å². The molecule has 1 unspecified atom stereocenters. The first-order valence-electron chi connectivity index (χ1n) is 6.46. The van der Waals surface area contributed by atoms with E-state index in [-0.39, 0.29) is 18.4 Å². The molecule has 1 fully saturated rings. The van der Waals surface area contributed by atoms with Crippen LogP contribution in [0.2, 0.25) is 0 Å². The van der Waals surface area contributed by atoms with E-state index in [1.807, 2.05) is 6.92 Å². The third kappa shape index (κ3) is 4.06. The van der Waals surface area contributed by atoms with Crippen molar-refractivity contribution >= 4 is 17.5 Å². The summed E-state index contributed by atoms with van der Waals surface area (Å²) in [5, 5.41) is 9.56. The second kappa shape index (κ2) is 5.83. The highest BCUT2D eigenvalue weighted by Crippen LogP contribution is 2.18. The van der Waals surface area contributed by atoms with Gasteiger partial charge in [0, 0.05) is 12.2 Å². The van der Waals surface area contributed by atoms with Gasteiger partial charge in [-0.2, -0.15) is 5.10 Å². The maximum absolute atomic E-state index is 11.6. The van der Waals surface area contributed by atoms with Gasteiger partial charge in [-0.25, -0.2) is 0 Å². The minimum atomic E-state index is -0.526. The molecule has 0 radical (unpaired) electrons. The lowest BCUT2D eigenvalue weighted by atomic mass is 10.2. The Kier molecular flexibility index (Phi) is 4.16. The van der Waals surface area contributed by atoms with Crippen molar-refractivity contribution in [1.82, 2.24) is 15.1 Å². The number of hydrogen-bond acceptors (Lipinski definition) is 4. The second-order valence-corrected chi connectivity index (χ2v) is 4.77. The van der Waals surface area contributed by atoms with E-state index in [2.05, 4.69) is 15.7 Å². The van der Waals surface area contributed by atoms with Gasteiger partial charge in [0.2, 0.25) is 11.8 Å². The number of carbonyl (C=O) groups excluding carboxylic acids is 2. The largest absolute Gasteiger partial charge is 0.352 e. The summed E-state index contributed by atoms with van der Waals surface area (Å²) < 4.78 is 1.49. The van der Waals surface area contributed by atoms with Crippen molar-refractivity contribution in [3.05, 3.63) is 12.4 Å². The van der Waals surface area contributed by atoms with Gasteiger partial charge < -0.3 is 16.4 Å². The third-order valence-corrected chi connectivity index (χ3v) is 2.93. The molecule has 1 heterocycles. The van der Waals surface area contributed by atoms with Crippen LogP contribution in [0, 0.1) is 0 Å². The smallest absolute Gasteiger partial charge is 0.241 e. The van der Waals surface area contributed by atoms with Crippen LogP contribution < -0.4 is 16.4 Å². The Balaban J connectivity index is 1.84. The highest BCUT2D eigenvalue weighted by Gasteiger charge is 2.23. The van der Waals surface area contributed by atoms with E-state index in [4.69, 9.17) is 5.73 Å². The van der Waals surface area contributed by atoms with Gasteiger partial charge >= 0.3 is 0 Å². The first kappa shape index (κ1) is 13.5. The molecule has 1 saturated carbocycles. The normalized spacial score (nSPS) is 15.9. The Bertz CT molecular complexity index is 466. The zero-order chi connectivity index (χ0) is 13.8. The van der Waals surface area contributed by atoms with Crippen molar-refractivity contribution in [2.45, 2.75) is 44.8 Å². The fourth-order valence-corrected chi connectivity index (χ4v) is 1.58. The number of amides is 2. The van der Waals surface area contributed by atoms with Gasteiger partial charge in [-0.1, -0.05) is 6.92 Å². The van der Waals surface area contributed by atoms with Crippen LogP contribution in [0.3, 0.4) is 0 Å². The minimum absolute atomic E-state index is 0.0614. The Labute approximate surface area is 111 Å². The molecule has 1 aliphatic rings. The van der Waals surface area contributed by atoms with Gasteiger partial charge in [-0.05, 0) is 19.3 Å². The average Bonchev–Trinajstić information content (AvgIpc) is 3.08. The van der Waals surface area contributed by atoms with E-state index < -0.39 is 6.04 Å². The van der Waals surface area contributed by atoms with Crippen molar-refractivity contribution in [2.24, 2.45) is 5.73 Å². The predicted octanol–water partition coefficient (Wildman–Crippen LogP) is -0.162. The van der Waals surface area contributed by atoms with Crippen LogP contribution in [0.5, 0.6) is 0 Å². The van der Waals surface area contributed by atoms with Gasteiger partial charge in [0.05, 0.1) is 17.9 Å². The van der Waals surface area contributed by atoms with E-state index in [1.165, 1.54) is 10.9 Å². The molecule has 7 nitrogen and oxygen atoms in total. The summed E-state index contributed by atoms with van der Waals surface area (Å²) in [4.78, 5) is 23.1. The molecule has 1 aliphatic carbocycles. The van der Waals surface area contributed by atoms with Crippen LogP contribution >= 0.6 is 0 Å². The summed E-state index contributed by atoms with van der Waals surface area (Å²) in [7, 11) is 0. The van der Waals surface area contributed by atoms with Gasteiger partial charge in [0.1, 0.15) is 6.54 Å². The van der Waals surface area contributed by atoms with Crippen molar-refractivity contribution in [2.75, 3.05) is 5.32 Å². The summed E-state index contributed by atoms with van der Waals surface area (Å²) in [6.45, 7) is 2.00. The van der Waals surface area contributed by atoms with Crippen LogP contribution in [0.25, 0.3) is 0 Å². The number of anilines is 1. The van der Waals surface area contributed by atoms with Crippen LogP contribution in [0.4, 0.5) is 5.69 Å². The highest BCUT2D eigenvalue weighted by molar-refractivity contribution is 5.94. The quantitative estimate of drug-likeness (QED) is 0.665. The fraction of sp³-hybridized carbons (Fsp3) is 0.583. The van der Waals surface area contributed by atoms with Crippen molar-refractivity contribution in [1.29, 1.82) is 0 Å². The van der Waals surface area contributed by atoms with Crippen LogP contribution in [-0.4, -0.2) is 33.7 Å². The summed E-state index contributed by atoms with van der Waals surface area (Å²) in [5.41, 5.74) is 6.16. The number of carbonyl (C=O) groups is 2. The molecule has 19 heavy (non-hydrogen) atoms. The lowest BCUT2D eigenvalue weighted by Gasteiger charge is -2.07. The molecule has 7 heteroatoms. The second-order valence-electron chi connectivity index (χ2n) is 4.77. The van der Waals surface area contributed by atoms with Gasteiger partial charge in [-0.3, -0.25) is 14.3 Å². The third-order valence-electron chi connectivity index (χ3n) is 2.93. The van der Waals surface area contributed by atoms with Gasteiger partial charge in [0.15, 0.2) is 0 Å². The molecule has 2 rings (SSSR count). The molecule has 0 spiro atoms. The van der Waals surface area contributed by atoms with Crippen LogP contribution in [0.1, 0.15) is 26.2 Å². The molecular weight excluding hydrogens is 246 g/mol. The summed E-state index contributed by atoms with van der Waals surface area (Å²) in [5.74, 6) is -0.307. The lowest BCUT2D eigenvalue weighted by molar-refractivity contribution is -0.122. The van der Waals surface area contributed by atoms with Crippen molar-refractivity contribution in [3.63, 3.8) is 0 Å². The SMILES string of the molecule is CCC(N)C(=O)Nc1cnn(CC(=O)NC2CC2)c1. The standard InChI is InChI=1S/C12H19N5O2/c1-2-10(13)12(19)16-9-5-14-17(6-9)7-11(18)15-8-3-4-8/h5-6,8,10H,2-4,7,13H2,1H3,(H,15,18)(H,16,19). The number of hydrogen-bond donors (Lipinski definition) is 3.